The first kappa shape index (κ1) is 8.57. The molecule has 1 fully saturated rings. The second kappa shape index (κ2) is 4.37. The van der Waals surface area contributed by atoms with Crippen LogP contribution in [0.3, 0.4) is 0 Å². The quantitative estimate of drug-likeness (QED) is 0.423. The van der Waals surface area contributed by atoms with Gasteiger partial charge in [0.1, 0.15) is 0 Å². The van der Waals surface area contributed by atoms with Gasteiger partial charge in [-0.2, -0.15) is 0 Å². The number of oxime groups is 1. The smallest absolute Gasteiger partial charge is 0.0570 e. The Bertz CT molecular complexity index is 130. The molecule has 0 aliphatic heterocycles. The molecule has 0 unspecified atom stereocenters. The van der Waals surface area contributed by atoms with Crippen molar-refractivity contribution in [3.63, 3.8) is 0 Å². The summed E-state index contributed by atoms with van der Waals surface area (Å²) in [5.41, 5.74) is 0.997. The van der Waals surface area contributed by atoms with Crippen molar-refractivity contribution < 1.29 is 5.21 Å². The number of hydrogen-bond acceptors (Lipinski definition) is 2. The zero-order valence-electron chi connectivity index (χ0n) is 7.21. The third-order valence-corrected chi connectivity index (χ3v) is 2.47. The van der Waals surface area contributed by atoms with Gasteiger partial charge < -0.3 is 5.21 Å². The molecule has 2 heteroatoms. The van der Waals surface area contributed by atoms with E-state index >= 15 is 0 Å². The standard InChI is InChI=1S/C9H17NO/c1-8-4-2-6-9(10-11)7-3-5-8/h8,11H,2-7H2,1H3. The topological polar surface area (TPSA) is 32.6 Å². The van der Waals surface area contributed by atoms with Crippen LogP contribution in [0.5, 0.6) is 0 Å². The molecule has 1 aliphatic carbocycles. The fraction of sp³-hybridized carbons (Fsp3) is 0.889. The molecule has 0 amide bonds. The summed E-state index contributed by atoms with van der Waals surface area (Å²) in [6, 6.07) is 0. The summed E-state index contributed by atoms with van der Waals surface area (Å²) in [6.45, 7) is 2.31. The summed E-state index contributed by atoms with van der Waals surface area (Å²) in [5.74, 6) is 0.871. The minimum absolute atomic E-state index is 0.871. The van der Waals surface area contributed by atoms with Gasteiger partial charge in [-0.25, -0.2) is 0 Å². The highest BCUT2D eigenvalue weighted by Gasteiger charge is 2.09. The molecule has 0 atom stereocenters. The van der Waals surface area contributed by atoms with Gasteiger partial charge in [-0.1, -0.05) is 24.9 Å². The van der Waals surface area contributed by atoms with Crippen molar-refractivity contribution >= 4 is 5.71 Å². The van der Waals surface area contributed by atoms with E-state index in [4.69, 9.17) is 5.21 Å². The van der Waals surface area contributed by atoms with E-state index in [1.165, 1.54) is 25.7 Å². The lowest BCUT2D eigenvalue weighted by Crippen LogP contribution is -2.06. The summed E-state index contributed by atoms with van der Waals surface area (Å²) < 4.78 is 0. The van der Waals surface area contributed by atoms with Gasteiger partial charge >= 0.3 is 0 Å². The molecule has 1 N–H and O–H groups in total. The second-order valence-electron chi connectivity index (χ2n) is 3.56. The zero-order chi connectivity index (χ0) is 8.10. The summed E-state index contributed by atoms with van der Waals surface area (Å²) >= 11 is 0. The van der Waals surface area contributed by atoms with Crippen LogP contribution in [0.4, 0.5) is 0 Å². The number of rotatable bonds is 0. The van der Waals surface area contributed by atoms with Crippen LogP contribution in [0.2, 0.25) is 0 Å². The Morgan fingerprint density at radius 1 is 1.27 bits per heavy atom. The van der Waals surface area contributed by atoms with Crippen LogP contribution in [-0.4, -0.2) is 10.9 Å². The lowest BCUT2D eigenvalue weighted by atomic mass is 9.92. The van der Waals surface area contributed by atoms with E-state index in [0.29, 0.717) is 0 Å². The van der Waals surface area contributed by atoms with Crippen molar-refractivity contribution in [1.29, 1.82) is 0 Å². The third-order valence-electron chi connectivity index (χ3n) is 2.47. The van der Waals surface area contributed by atoms with Gasteiger partial charge in [-0.05, 0) is 31.6 Å². The molecule has 0 heterocycles. The minimum Gasteiger partial charge on any atom is -0.411 e. The lowest BCUT2D eigenvalue weighted by molar-refractivity contribution is 0.313. The van der Waals surface area contributed by atoms with Crippen LogP contribution >= 0.6 is 0 Å². The van der Waals surface area contributed by atoms with Gasteiger partial charge in [-0.15, -0.1) is 0 Å². The van der Waals surface area contributed by atoms with Crippen LogP contribution in [0.15, 0.2) is 5.16 Å². The van der Waals surface area contributed by atoms with Crippen molar-refractivity contribution in [2.24, 2.45) is 11.1 Å². The van der Waals surface area contributed by atoms with Gasteiger partial charge in [0.15, 0.2) is 0 Å². The van der Waals surface area contributed by atoms with Gasteiger partial charge in [-0.3, -0.25) is 0 Å². The summed E-state index contributed by atoms with van der Waals surface area (Å²) in [4.78, 5) is 0. The predicted molar refractivity (Wildman–Crippen MR) is 46.1 cm³/mol. The number of nitrogens with zero attached hydrogens (tertiary/aromatic N) is 1. The molecule has 1 saturated carbocycles. The molecule has 0 saturated heterocycles. The molecule has 1 rings (SSSR count). The fourth-order valence-electron chi connectivity index (χ4n) is 1.68. The Labute approximate surface area is 68.3 Å². The van der Waals surface area contributed by atoms with E-state index in [2.05, 4.69) is 12.1 Å². The highest BCUT2D eigenvalue weighted by Crippen LogP contribution is 2.20. The van der Waals surface area contributed by atoms with E-state index in [0.717, 1.165) is 24.5 Å². The van der Waals surface area contributed by atoms with Gasteiger partial charge in [0, 0.05) is 0 Å². The predicted octanol–water partition coefficient (Wildman–Crippen LogP) is 2.81. The normalized spacial score (nSPS) is 27.4. The molecular formula is C9H17NO. The van der Waals surface area contributed by atoms with Crippen LogP contribution in [-0.2, 0) is 0 Å². The highest BCUT2D eigenvalue weighted by atomic mass is 16.4. The maximum absolute atomic E-state index is 8.56. The summed E-state index contributed by atoms with van der Waals surface area (Å²) in [5, 5.41) is 11.9. The Kier molecular flexibility index (Phi) is 3.40. The Hall–Kier alpha value is -0.530. The Morgan fingerprint density at radius 2 is 1.82 bits per heavy atom. The van der Waals surface area contributed by atoms with Crippen LogP contribution < -0.4 is 0 Å². The molecule has 64 valence electrons. The maximum Gasteiger partial charge on any atom is 0.0570 e. The molecule has 0 aromatic carbocycles. The molecule has 1 aliphatic rings. The van der Waals surface area contributed by atoms with Crippen molar-refractivity contribution in [1.82, 2.24) is 0 Å². The third kappa shape index (κ3) is 2.91. The van der Waals surface area contributed by atoms with E-state index in [1.807, 2.05) is 0 Å². The minimum atomic E-state index is 0.871. The van der Waals surface area contributed by atoms with Crippen molar-refractivity contribution in [3.05, 3.63) is 0 Å². The average molecular weight is 155 g/mol. The second-order valence-corrected chi connectivity index (χ2v) is 3.56. The molecule has 0 aromatic heterocycles. The molecular weight excluding hydrogens is 138 g/mol. The fourth-order valence-corrected chi connectivity index (χ4v) is 1.68. The summed E-state index contributed by atoms with van der Waals surface area (Å²) in [7, 11) is 0. The maximum atomic E-state index is 8.56. The molecule has 2 nitrogen and oxygen atoms in total. The van der Waals surface area contributed by atoms with E-state index in [9.17, 15) is 0 Å². The highest BCUT2D eigenvalue weighted by molar-refractivity contribution is 5.83. The first-order chi connectivity index (χ1) is 5.33. The SMILES string of the molecule is CC1CCCC(=NO)CCC1. The van der Waals surface area contributed by atoms with E-state index < -0.39 is 0 Å². The largest absolute Gasteiger partial charge is 0.411 e. The Balaban J connectivity index is 2.34. The van der Waals surface area contributed by atoms with Crippen molar-refractivity contribution in [3.8, 4) is 0 Å². The first-order valence-electron chi connectivity index (χ1n) is 4.52. The van der Waals surface area contributed by atoms with Crippen LogP contribution in [0.25, 0.3) is 0 Å². The van der Waals surface area contributed by atoms with Crippen LogP contribution in [0.1, 0.15) is 45.4 Å². The first-order valence-corrected chi connectivity index (χ1v) is 4.52. The van der Waals surface area contributed by atoms with Crippen molar-refractivity contribution in [2.45, 2.75) is 45.4 Å². The van der Waals surface area contributed by atoms with E-state index in [1.54, 1.807) is 0 Å². The molecule has 11 heavy (non-hydrogen) atoms. The lowest BCUT2D eigenvalue weighted by Gasteiger charge is -2.15. The van der Waals surface area contributed by atoms with Gasteiger partial charge in [0.2, 0.25) is 0 Å². The van der Waals surface area contributed by atoms with Crippen molar-refractivity contribution in [2.75, 3.05) is 0 Å². The zero-order valence-corrected chi connectivity index (χ0v) is 7.21. The number of hydrogen-bond donors (Lipinski definition) is 1. The van der Waals surface area contributed by atoms with Crippen LogP contribution in [0, 0.1) is 5.92 Å². The molecule has 0 bridgehead atoms. The average Bonchev–Trinajstić information content (AvgIpc) is 1.96. The molecule has 0 spiro atoms. The monoisotopic (exact) mass is 155 g/mol. The summed E-state index contributed by atoms with van der Waals surface area (Å²) in [6.07, 6.45) is 6.97. The Morgan fingerprint density at radius 3 is 2.27 bits per heavy atom. The van der Waals surface area contributed by atoms with Gasteiger partial charge in [0.25, 0.3) is 0 Å². The molecule has 0 aromatic rings. The van der Waals surface area contributed by atoms with Gasteiger partial charge in [0.05, 0.1) is 5.71 Å². The molecule has 0 radical (unpaired) electrons. The van der Waals surface area contributed by atoms with E-state index in [-0.39, 0.29) is 0 Å².